The molecule has 0 bridgehead atoms. The first-order valence-electron chi connectivity index (χ1n) is 13.4. The van der Waals surface area contributed by atoms with Crippen molar-refractivity contribution in [2.24, 2.45) is 0 Å². The molecule has 6 atom stereocenters. The highest BCUT2D eigenvalue weighted by Crippen LogP contribution is 2.37. The van der Waals surface area contributed by atoms with Crippen molar-refractivity contribution in [3.05, 3.63) is 108 Å². The first-order chi connectivity index (χ1) is 20.1. The Morgan fingerprint density at radius 3 is 2.22 bits per heavy atom. The second kappa shape index (κ2) is 13.8. The van der Waals surface area contributed by atoms with Crippen LogP contribution in [-0.4, -0.2) is 64.1 Å². The van der Waals surface area contributed by atoms with Gasteiger partial charge in [-0.3, -0.25) is 0 Å². The van der Waals surface area contributed by atoms with Crippen molar-refractivity contribution >= 4 is 5.97 Å². The second-order valence-electron chi connectivity index (χ2n) is 9.56. The Morgan fingerprint density at radius 2 is 1.56 bits per heavy atom. The van der Waals surface area contributed by atoms with Crippen molar-refractivity contribution in [3.63, 3.8) is 0 Å². The molecule has 3 aromatic carbocycles. The summed E-state index contributed by atoms with van der Waals surface area (Å²) in [6, 6.07) is 23.7. The number of rotatable bonds is 11. The predicted octanol–water partition coefficient (Wildman–Crippen LogP) is 4.86. The zero-order valence-corrected chi connectivity index (χ0v) is 23.0. The van der Waals surface area contributed by atoms with Gasteiger partial charge >= 0.3 is 5.97 Å². The van der Waals surface area contributed by atoms with E-state index >= 15 is 0 Å². The number of hydrogen-bond donors (Lipinski definition) is 0. The van der Waals surface area contributed by atoms with Gasteiger partial charge < -0.3 is 37.9 Å². The van der Waals surface area contributed by atoms with Gasteiger partial charge in [-0.05, 0) is 42.0 Å². The Balaban J connectivity index is 1.43. The van der Waals surface area contributed by atoms with Crippen molar-refractivity contribution in [3.8, 4) is 11.5 Å². The van der Waals surface area contributed by atoms with Crippen LogP contribution >= 0.6 is 0 Å². The highest BCUT2D eigenvalue weighted by molar-refractivity contribution is 5.89. The van der Waals surface area contributed by atoms with Crippen LogP contribution in [0.15, 0.2) is 91.5 Å². The molecule has 0 aliphatic carbocycles. The second-order valence-corrected chi connectivity index (χ2v) is 9.56. The summed E-state index contributed by atoms with van der Waals surface area (Å²) in [4.78, 5) is 13.2. The molecule has 0 radical (unpaired) electrons. The van der Waals surface area contributed by atoms with E-state index in [-0.39, 0.29) is 19.8 Å². The minimum Gasteiger partial charge on any atom is -0.497 e. The van der Waals surface area contributed by atoms with E-state index in [1.54, 1.807) is 44.6 Å². The zero-order chi connectivity index (χ0) is 28.6. The van der Waals surface area contributed by atoms with E-state index < -0.39 is 43.0 Å². The molecule has 216 valence electrons. The molecule has 0 N–H and O–H groups in total. The molecule has 2 aliphatic heterocycles. The fraction of sp³-hybridized carbons (Fsp3) is 0.344. The van der Waals surface area contributed by atoms with Gasteiger partial charge in [0.25, 0.3) is 0 Å². The summed E-state index contributed by atoms with van der Waals surface area (Å²) >= 11 is 0. The first-order valence-corrected chi connectivity index (χ1v) is 13.4. The third kappa shape index (κ3) is 6.95. The van der Waals surface area contributed by atoms with E-state index in [0.29, 0.717) is 5.56 Å². The van der Waals surface area contributed by atoms with Gasteiger partial charge in [0.15, 0.2) is 18.7 Å². The molecule has 3 aromatic rings. The smallest absolute Gasteiger partial charge is 0.338 e. The number of carbonyl (C=O) groups is 1. The number of methoxy groups -OCH3 is 2. The van der Waals surface area contributed by atoms with Gasteiger partial charge in [-0.15, -0.1) is 6.58 Å². The van der Waals surface area contributed by atoms with Crippen LogP contribution in [-0.2, 0) is 35.0 Å². The molecule has 5 rings (SSSR count). The van der Waals surface area contributed by atoms with Crippen LogP contribution in [0, 0.1) is 0 Å². The number of fused-ring (bicyclic) bond motifs is 1. The lowest BCUT2D eigenvalue weighted by molar-refractivity contribution is -0.364. The summed E-state index contributed by atoms with van der Waals surface area (Å²) in [7, 11) is 3.23. The maximum atomic E-state index is 13.2. The highest BCUT2D eigenvalue weighted by Gasteiger charge is 2.53. The van der Waals surface area contributed by atoms with Gasteiger partial charge in [-0.25, -0.2) is 4.79 Å². The molecule has 0 aromatic heterocycles. The zero-order valence-electron chi connectivity index (χ0n) is 23.0. The molecule has 0 spiro atoms. The van der Waals surface area contributed by atoms with Crippen molar-refractivity contribution in [2.75, 3.05) is 27.4 Å². The van der Waals surface area contributed by atoms with Gasteiger partial charge in [0.1, 0.15) is 29.8 Å². The molecular formula is C32H34O9. The molecule has 2 heterocycles. The van der Waals surface area contributed by atoms with E-state index in [0.717, 1.165) is 22.6 Å². The third-order valence-electron chi connectivity index (χ3n) is 6.90. The highest BCUT2D eigenvalue weighted by atomic mass is 16.8. The molecule has 9 nitrogen and oxygen atoms in total. The van der Waals surface area contributed by atoms with E-state index in [9.17, 15) is 4.79 Å². The Bertz CT molecular complexity index is 1260. The quantitative estimate of drug-likeness (QED) is 0.240. The summed E-state index contributed by atoms with van der Waals surface area (Å²) in [6.07, 6.45) is -2.88. The van der Waals surface area contributed by atoms with Crippen LogP contribution in [0.3, 0.4) is 0 Å². The molecule has 9 heteroatoms. The van der Waals surface area contributed by atoms with Crippen LogP contribution < -0.4 is 9.47 Å². The Labute approximate surface area is 239 Å². The summed E-state index contributed by atoms with van der Waals surface area (Å²) < 4.78 is 47.8. The van der Waals surface area contributed by atoms with Crippen LogP contribution in [0.25, 0.3) is 0 Å². The monoisotopic (exact) mass is 562 g/mol. The maximum absolute atomic E-state index is 13.2. The van der Waals surface area contributed by atoms with Gasteiger partial charge in [-0.2, -0.15) is 0 Å². The molecule has 0 amide bonds. The van der Waals surface area contributed by atoms with Gasteiger partial charge in [0, 0.05) is 5.56 Å². The molecule has 2 fully saturated rings. The lowest BCUT2D eigenvalue weighted by Crippen LogP contribution is -2.64. The van der Waals surface area contributed by atoms with Gasteiger partial charge in [0.2, 0.25) is 0 Å². The van der Waals surface area contributed by atoms with E-state index in [4.69, 9.17) is 37.9 Å². The van der Waals surface area contributed by atoms with E-state index in [1.807, 2.05) is 54.6 Å². The molecule has 41 heavy (non-hydrogen) atoms. The summed E-state index contributed by atoms with van der Waals surface area (Å²) in [5.41, 5.74) is 2.11. The summed E-state index contributed by atoms with van der Waals surface area (Å²) in [6.45, 7) is 4.36. The van der Waals surface area contributed by atoms with Crippen molar-refractivity contribution in [1.82, 2.24) is 0 Å². The lowest BCUT2D eigenvalue weighted by atomic mass is 9.97. The topological polar surface area (TPSA) is 90.9 Å². The standard InChI is InChI=1S/C32H34O9/c1-4-18-36-32-29(40-30(33)22-8-6-5-7-9-22)28(37-19-21-10-14-24(34-2)15-11-21)27-26(39-32)20-38-31(41-27)23-12-16-25(35-3)17-13-23/h4-17,26-29,31-32H,1,18-20H2,2-3H3/t26-,27-,28+,29-,31-,32-/m1/s1. The largest absolute Gasteiger partial charge is 0.497 e. The Morgan fingerprint density at radius 1 is 0.878 bits per heavy atom. The molecule has 0 unspecified atom stereocenters. The van der Waals surface area contributed by atoms with Gasteiger partial charge in [0.05, 0.1) is 39.6 Å². The number of carbonyl (C=O) groups excluding carboxylic acids is 1. The molecule has 2 aliphatic rings. The lowest BCUT2D eigenvalue weighted by Gasteiger charge is -2.48. The minimum absolute atomic E-state index is 0.183. The normalized spacial score (nSPS) is 25.5. The minimum atomic E-state index is -0.947. The average molecular weight is 563 g/mol. The van der Waals surface area contributed by atoms with Crippen LogP contribution in [0.2, 0.25) is 0 Å². The van der Waals surface area contributed by atoms with Crippen LogP contribution in [0.5, 0.6) is 11.5 Å². The Hall–Kier alpha value is -3.73. The van der Waals surface area contributed by atoms with Gasteiger partial charge in [-0.1, -0.05) is 48.5 Å². The first kappa shape index (κ1) is 28.8. The molecule has 2 saturated heterocycles. The number of esters is 1. The average Bonchev–Trinajstić information content (AvgIpc) is 3.03. The van der Waals surface area contributed by atoms with Crippen molar-refractivity contribution in [1.29, 1.82) is 0 Å². The fourth-order valence-corrected chi connectivity index (χ4v) is 4.77. The molecular weight excluding hydrogens is 528 g/mol. The maximum Gasteiger partial charge on any atom is 0.338 e. The van der Waals surface area contributed by atoms with E-state index in [1.165, 1.54) is 0 Å². The third-order valence-corrected chi connectivity index (χ3v) is 6.90. The fourth-order valence-electron chi connectivity index (χ4n) is 4.77. The van der Waals surface area contributed by atoms with Crippen LogP contribution in [0.4, 0.5) is 0 Å². The van der Waals surface area contributed by atoms with Crippen molar-refractivity contribution in [2.45, 2.75) is 43.6 Å². The number of benzene rings is 3. The summed E-state index contributed by atoms with van der Waals surface area (Å²) in [5, 5.41) is 0. The summed E-state index contributed by atoms with van der Waals surface area (Å²) in [5.74, 6) is 0.934. The Kier molecular flexibility index (Phi) is 9.66. The van der Waals surface area contributed by atoms with Crippen LogP contribution in [0.1, 0.15) is 27.8 Å². The predicted molar refractivity (Wildman–Crippen MR) is 149 cm³/mol. The number of hydrogen-bond acceptors (Lipinski definition) is 9. The van der Waals surface area contributed by atoms with Crippen molar-refractivity contribution < 1.29 is 42.7 Å². The SMILES string of the molecule is C=CCO[C@@H]1O[C@@H]2CO[C@@H](c3ccc(OC)cc3)O[C@H]2[C@H](OCc2ccc(OC)cc2)[C@H]1OC(=O)c1ccccc1. The molecule has 0 saturated carbocycles. The van der Waals surface area contributed by atoms with E-state index in [2.05, 4.69) is 6.58 Å². The number of ether oxygens (including phenoxy) is 8.